The van der Waals surface area contributed by atoms with Crippen molar-refractivity contribution in [3.63, 3.8) is 0 Å². The van der Waals surface area contributed by atoms with E-state index < -0.39 is 31.1 Å². The first kappa shape index (κ1) is 12.2. The third-order valence-electron chi connectivity index (χ3n) is 2.56. The van der Waals surface area contributed by atoms with Gasteiger partial charge in [0.15, 0.2) is 6.23 Å². The lowest BCUT2D eigenvalue weighted by Crippen LogP contribution is -2.46. The highest BCUT2D eigenvalue weighted by molar-refractivity contribution is 8.23. The molecule has 0 aromatic carbocycles. The largest absolute Gasteiger partial charge is 0.394 e. The average Bonchev–Trinajstić information content (AvgIpc) is 2.72. The number of aliphatic hydroxyl groups excluding tert-OH is 3. The summed E-state index contributed by atoms with van der Waals surface area (Å²) < 4.78 is 5.53. The van der Waals surface area contributed by atoms with E-state index in [1.165, 1.54) is 11.8 Å². The number of hydrogen-bond donors (Lipinski definition) is 3. The lowest BCUT2D eigenvalue weighted by Gasteiger charge is -2.24. The van der Waals surface area contributed by atoms with Gasteiger partial charge in [-0.2, -0.15) is 0 Å². The quantitative estimate of drug-likeness (QED) is 0.512. The molecule has 2 heterocycles. The van der Waals surface area contributed by atoms with Gasteiger partial charge in [0.1, 0.15) is 22.6 Å². The number of carbonyl (C=O) groups excluding carboxylic acids is 1. The number of rotatable bonds is 2. The topological polar surface area (TPSA) is 90.2 Å². The van der Waals surface area contributed by atoms with Crippen LogP contribution in [0.25, 0.3) is 0 Å². The minimum Gasteiger partial charge on any atom is -0.394 e. The van der Waals surface area contributed by atoms with Crippen molar-refractivity contribution in [2.24, 2.45) is 0 Å². The smallest absolute Gasteiger partial charge is 0.240 e. The molecule has 0 aromatic rings. The average molecular weight is 265 g/mol. The van der Waals surface area contributed by atoms with E-state index in [0.29, 0.717) is 4.32 Å². The molecule has 0 unspecified atom stereocenters. The molecule has 2 aliphatic heterocycles. The first-order chi connectivity index (χ1) is 7.56. The molecule has 90 valence electrons. The third-order valence-corrected chi connectivity index (χ3v) is 3.94. The number of hydrogen-bond acceptors (Lipinski definition) is 7. The predicted molar refractivity (Wildman–Crippen MR) is 59.7 cm³/mol. The molecule has 8 heteroatoms. The molecular weight excluding hydrogens is 254 g/mol. The second-order valence-electron chi connectivity index (χ2n) is 3.55. The zero-order chi connectivity index (χ0) is 11.9. The Hall–Kier alpha value is -0.250. The van der Waals surface area contributed by atoms with Crippen molar-refractivity contribution in [1.82, 2.24) is 4.90 Å². The molecule has 0 aliphatic carbocycles. The normalized spacial score (nSPS) is 39.8. The highest BCUT2D eigenvalue weighted by Gasteiger charge is 2.49. The van der Waals surface area contributed by atoms with Gasteiger partial charge < -0.3 is 20.1 Å². The maximum atomic E-state index is 11.5. The lowest BCUT2D eigenvalue weighted by atomic mass is 10.1. The van der Waals surface area contributed by atoms with Gasteiger partial charge in [-0.1, -0.05) is 24.0 Å². The van der Waals surface area contributed by atoms with Gasteiger partial charge in [0.25, 0.3) is 0 Å². The van der Waals surface area contributed by atoms with Gasteiger partial charge in [0, 0.05) is 0 Å². The monoisotopic (exact) mass is 265 g/mol. The van der Waals surface area contributed by atoms with Crippen LogP contribution in [0.4, 0.5) is 0 Å². The number of nitrogens with zero attached hydrogens (tertiary/aromatic N) is 1. The number of carbonyl (C=O) groups is 1. The highest BCUT2D eigenvalue weighted by atomic mass is 32.2. The van der Waals surface area contributed by atoms with Gasteiger partial charge in [0.2, 0.25) is 5.91 Å². The van der Waals surface area contributed by atoms with Crippen LogP contribution in [0.5, 0.6) is 0 Å². The summed E-state index contributed by atoms with van der Waals surface area (Å²) in [4.78, 5) is 12.7. The first-order valence-corrected chi connectivity index (χ1v) is 6.07. The molecule has 4 atom stereocenters. The first-order valence-electron chi connectivity index (χ1n) is 4.67. The van der Waals surface area contributed by atoms with E-state index in [1.807, 2.05) is 0 Å². The Labute approximate surface area is 101 Å². The van der Waals surface area contributed by atoms with Crippen molar-refractivity contribution in [3.8, 4) is 0 Å². The zero-order valence-corrected chi connectivity index (χ0v) is 9.78. The molecule has 2 aliphatic rings. The third kappa shape index (κ3) is 1.85. The number of aliphatic hydroxyl groups is 3. The van der Waals surface area contributed by atoms with Crippen molar-refractivity contribution in [2.75, 3.05) is 12.4 Å². The number of thiocarbonyl (C=S) groups is 1. The highest BCUT2D eigenvalue weighted by Crippen LogP contribution is 2.30. The van der Waals surface area contributed by atoms with Gasteiger partial charge in [-0.15, -0.1) is 0 Å². The number of thioether (sulfide) groups is 1. The number of amides is 1. The second-order valence-corrected chi connectivity index (χ2v) is 5.16. The summed E-state index contributed by atoms with van der Waals surface area (Å²) in [5.41, 5.74) is 0. The van der Waals surface area contributed by atoms with E-state index >= 15 is 0 Å². The molecule has 2 saturated heterocycles. The van der Waals surface area contributed by atoms with Gasteiger partial charge >= 0.3 is 0 Å². The van der Waals surface area contributed by atoms with Gasteiger partial charge in [-0.25, -0.2) is 0 Å². The van der Waals surface area contributed by atoms with Crippen LogP contribution in [0.3, 0.4) is 0 Å². The molecule has 0 radical (unpaired) electrons. The van der Waals surface area contributed by atoms with Gasteiger partial charge in [0.05, 0.1) is 12.4 Å². The molecule has 6 nitrogen and oxygen atoms in total. The summed E-state index contributed by atoms with van der Waals surface area (Å²) in [7, 11) is 0. The van der Waals surface area contributed by atoms with Crippen LogP contribution in [-0.2, 0) is 9.53 Å². The summed E-state index contributed by atoms with van der Waals surface area (Å²) in [5.74, 6) is -0.0458. The van der Waals surface area contributed by atoms with Crippen molar-refractivity contribution >= 4 is 34.2 Å². The molecule has 1 amide bonds. The number of ether oxygens (including phenoxy) is 1. The Kier molecular flexibility index (Phi) is 3.48. The molecule has 2 rings (SSSR count). The van der Waals surface area contributed by atoms with E-state index in [2.05, 4.69) is 0 Å². The molecule has 0 aromatic heterocycles. The molecule has 16 heavy (non-hydrogen) atoms. The summed E-state index contributed by atoms with van der Waals surface area (Å²) in [6, 6.07) is 0. The van der Waals surface area contributed by atoms with Gasteiger partial charge in [-0.3, -0.25) is 9.69 Å². The van der Waals surface area contributed by atoms with Crippen LogP contribution in [0.15, 0.2) is 0 Å². The van der Waals surface area contributed by atoms with Gasteiger partial charge in [-0.05, 0) is 0 Å². The van der Waals surface area contributed by atoms with E-state index in [9.17, 15) is 15.0 Å². The van der Waals surface area contributed by atoms with E-state index in [0.717, 1.165) is 4.90 Å². The van der Waals surface area contributed by atoms with E-state index in [4.69, 9.17) is 22.1 Å². The Morgan fingerprint density at radius 3 is 2.62 bits per heavy atom. The summed E-state index contributed by atoms with van der Waals surface area (Å²) in [6.07, 6.45) is -4.35. The maximum absolute atomic E-state index is 11.5. The molecule has 2 fully saturated rings. The van der Waals surface area contributed by atoms with Crippen molar-refractivity contribution in [3.05, 3.63) is 0 Å². The Balaban J connectivity index is 2.16. The minimum absolute atomic E-state index is 0.214. The van der Waals surface area contributed by atoms with Crippen LogP contribution in [0.2, 0.25) is 0 Å². The Morgan fingerprint density at radius 1 is 1.50 bits per heavy atom. The van der Waals surface area contributed by atoms with Crippen LogP contribution in [0, 0.1) is 0 Å². The SMILES string of the molecule is O=C1CSC(=S)N1[C@@H]1O[C@H](CO)[C@@H](O)[C@H]1O. The second kappa shape index (κ2) is 4.55. The van der Waals surface area contributed by atoms with Crippen LogP contribution >= 0.6 is 24.0 Å². The minimum atomic E-state index is -1.25. The van der Waals surface area contributed by atoms with Crippen molar-refractivity contribution in [2.45, 2.75) is 24.5 Å². The summed E-state index contributed by atoms with van der Waals surface area (Å²) >= 11 is 6.14. The van der Waals surface area contributed by atoms with E-state index in [1.54, 1.807) is 0 Å². The Morgan fingerprint density at radius 2 is 2.19 bits per heavy atom. The molecule has 0 saturated carbocycles. The molecular formula is C8H11NO5S2. The molecule has 3 N–H and O–H groups in total. The van der Waals surface area contributed by atoms with Crippen molar-refractivity contribution in [1.29, 1.82) is 0 Å². The molecule has 0 bridgehead atoms. The van der Waals surface area contributed by atoms with Crippen LogP contribution < -0.4 is 0 Å². The van der Waals surface area contributed by atoms with Crippen molar-refractivity contribution < 1.29 is 24.9 Å². The lowest BCUT2D eigenvalue weighted by molar-refractivity contribution is -0.138. The molecule has 0 spiro atoms. The maximum Gasteiger partial charge on any atom is 0.240 e. The fourth-order valence-electron chi connectivity index (χ4n) is 1.70. The zero-order valence-electron chi connectivity index (χ0n) is 8.15. The standard InChI is InChI=1S/C8H11NO5S2/c10-1-3-5(12)6(13)7(14-3)9-4(11)2-16-8(9)15/h3,5-7,10,12-13H,1-2H2/t3-,5-,6-,7-/m1/s1. The fourth-order valence-corrected chi connectivity index (χ4v) is 2.82. The summed E-state index contributed by atoms with van der Waals surface area (Å²) in [6.45, 7) is -0.420. The van der Waals surface area contributed by atoms with Crippen LogP contribution in [-0.4, -0.2) is 67.3 Å². The fraction of sp³-hybridized carbons (Fsp3) is 0.750. The van der Waals surface area contributed by atoms with E-state index in [-0.39, 0.29) is 11.7 Å². The van der Waals surface area contributed by atoms with Crippen LogP contribution in [0.1, 0.15) is 0 Å². The predicted octanol–water partition coefficient (Wildman–Crippen LogP) is -1.71. The summed E-state index contributed by atoms with van der Waals surface area (Å²) in [5, 5.41) is 28.2. The Bertz CT molecular complexity index is 310.